The molecule has 3 rings (SSSR count). The first kappa shape index (κ1) is 16.5. The lowest BCUT2D eigenvalue weighted by Crippen LogP contribution is -2.30. The van der Waals surface area contributed by atoms with Gasteiger partial charge in [-0.3, -0.25) is 14.5 Å². The fourth-order valence-electron chi connectivity index (χ4n) is 2.50. The molecule has 7 heteroatoms. The average molecular weight is 346 g/mol. The lowest BCUT2D eigenvalue weighted by Gasteiger charge is -2.16. The van der Waals surface area contributed by atoms with Gasteiger partial charge in [-0.15, -0.1) is 11.3 Å². The molecule has 0 radical (unpaired) electrons. The van der Waals surface area contributed by atoms with Crippen LogP contribution in [0.4, 0.5) is 5.69 Å². The number of ketones is 1. The van der Waals surface area contributed by atoms with Crippen molar-refractivity contribution in [1.82, 2.24) is 4.90 Å². The second kappa shape index (κ2) is 7.02. The summed E-state index contributed by atoms with van der Waals surface area (Å²) in [6.45, 7) is 2.50. The third kappa shape index (κ3) is 3.74. The number of amides is 1. The molecule has 0 atom stereocenters. The van der Waals surface area contributed by atoms with Gasteiger partial charge in [0.2, 0.25) is 12.7 Å². The smallest absolute Gasteiger partial charge is 0.238 e. The highest BCUT2D eigenvalue weighted by Gasteiger charge is 2.20. The average Bonchev–Trinajstić information content (AvgIpc) is 3.16. The van der Waals surface area contributed by atoms with Gasteiger partial charge < -0.3 is 14.8 Å². The molecular formula is C17H18N2O4S. The molecule has 0 unspecified atom stereocenters. The van der Waals surface area contributed by atoms with E-state index >= 15 is 0 Å². The maximum Gasteiger partial charge on any atom is 0.238 e. The maximum absolute atomic E-state index is 12.3. The SMILES string of the molecule is CC(=O)c1cc2c(cc1NC(=O)CN(C)Cc1cccs1)OCO2. The molecule has 0 aliphatic carbocycles. The van der Waals surface area contributed by atoms with Crippen molar-refractivity contribution >= 4 is 28.7 Å². The Hall–Kier alpha value is -2.38. The summed E-state index contributed by atoms with van der Waals surface area (Å²) >= 11 is 1.65. The number of hydrogen-bond acceptors (Lipinski definition) is 6. The Morgan fingerprint density at radius 1 is 1.29 bits per heavy atom. The molecule has 2 aromatic rings. The van der Waals surface area contributed by atoms with Crippen molar-refractivity contribution in [3.05, 3.63) is 40.1 Å². The predicted octanol–water partition coefficient (Wildman–Crippen LogP) is 2.75. The van der Waals surface area contributed by atoms with Crippen LogP contribution in [0.1, 0.15) is 22.2 Å². The summed E-state index contributed by atoms with van der Waals surface area (Å²) in [6, 6.07) is 7.26. The van der Waals surface area contributed by atoms with Crippen molar-refractivity contribution in [2.24, 2.45) is 0 Å². The fraction of sp³-hybridized carbons (Fsp3) is 0.294. The molecule has 126 valence electrons. The molecule has 1 aliphatic heterocycles. The summed E-state index contributed by atoms with van der Waals surface area (Å²) in [4.78, 5) is 27.2. The number of anilines is 1. The predicted molar refractivity (Wildman–Crippen MR) is 91.9 cm³/mol. The molecule has 0 spiro atoms. The van der Waals surface area contributed by atoms with E-state index in [4.69, 9.17) is 9.47 Å². The summed E-state index contributed by atoms with van der Waals surface area (Å²) in [7, 11) is 1.88. The van der Waals surface area contributed by atoms with E-state index in [9.17, 15) is 9.59 Å². The van der Waals surface area contributed by atoms with E-state index in [0.29, 0.717) is 29.3 Å². The van der Waals surface area contributed by atoms with E-state index in [1.807, 2.05) is 29.5 Å². The molecule has 1 N–H and O–H groups in total. The Kier molecular flexibility index (Phi) is 4.82. The number of nitrogens with zero attached hydrogens (tertiary/aromatic N) is 1. The number of carbonyl (C=O) groups is 2. The Balaban J connectivity index is 1.68. The first-order valence-corrected chi connectivity index (χ1v) is 8.36. The van der Waals surface area contributed by atoms with Gasteiger partial charge in [-0.25, -0.2) is 0 Å². The van der Waals surface area contributed by atoms with Crippen molar-refractivity contribution < 1.29 is 19.1 Å². The van der Waals surface area contributed by atoms with E-state index < -0.39 is 0 Å². The third-order valence-electron chi connectivity index (χ3n) is 3.59. The van der Waals surface area contributed by atoms with Gasteiger partial charge in [0.15, 0.2) is 17.3 Å². The van der Waals surface area contributed by atoms with E-state index in [0.717, 1.165) is 0 Å². The molecule has 24 heavy (non-hydrogen) atoms. The minimum atomic E-state index is -0.185. The van der Waals surface area contributed by atoms with E-state index in [2.05, 4.69) is 5.32 Å². The number of benzene rings is 1. The van der Waals surface area contributed by atoms with Crippen LogP contribution in [0.3, 0.4) is 0 Å². The van der Waals surface area contributed by atoms with E-state index in [-0.39, 0.29) is 25.0 Å². The van der Waals surface area contributed by atoms with Gasteiger partial charge in [0, 0.05) is 23.1 Å². The van der Waals surface area contributed by atoms with Crippen LogP contribution in [0.15, 0.2) is 29.6 Å². The van der Waals surface area contributed by atoms with Gasteiger partial charge in [-0.1, -0.05) is 6.07 Å². The van der Waals surface area contributed by atoms with Gasteiger partial charge in [-0.05, 0) is 31.5 Å². The van der Waals surface area contributed by atoms with Crippen molar-refractivity contribution in [2.75, 3.05) is 25.7 Å². The number of hydrogen-bond donors (Lipinski definition) is 1. The summed E-state index contributed by atoms with van der Waals surface area (Å²) < 4.78 is 10.6. The molecule has 1 aliphatic rings. The molecule has 1 aromatic carbocycles. The topological polar surface area (TPSA) is 67.9 Å². The number of fused-ring (bicyclic) bond motifs is 1. The van der Waals surface area contributed by atoms with Gasteiger partial charge in [0.1, 0.15) is 0 Å². The quantitative estimate of drug-likeness (QED) is 0.815. The Labute approximate surface area is 144 Å². The first-order valence-electron chi connectivity index (χ1n) is 7.48. The number of carbonyl (C=O) groups excluding carboxylic acids is 2. The highest BCUT2D eigenvalue weighted by molar-refractivity contribution is 7.09. The lowest BCUT2D eigenvalue weighted by atomic mass is 10.1. The fourth-order valence-corrected chi connectivity index (χ4v) is 3.28. The highest BCUT2D eigenvalue weighted by atomic mass is 32.1. The van der Waals surface area contributed by atoms with Gasteiger partial charge in [-0.2, -0.15) is 0 Å². The number of nitrogens with one attached hydrogen (secondary N) is 1. The molecule has 1 amide bonds. The number of thiophene rings is 1. The maximum atomic E-state index is 12.3. The molecule has 6 nitrogen and oxygen atoms in total. The zero-order valence-electron chi connectivity index (χ0n) is 13.5. The lowest BCUT2D eigenvalue weighted by molar-refractivity contribution is -0.117. The van der Waals surface area contributed by atoms with Crippen LogP contribution in [-0.4, -0.2) is 37.0 Å². The minimum absolute atomic E-state index is 0.119. The molecule has 0 saturated carbocycles. The van der Waals surface area contributed by atoms with Crippen LogP contribution in [0.2, 0.25) is 0 Å². The number of likely N-dealkylation sites (N-methyl/N-ethyl adjacent to an activating group) is 1. The molecule has 0 fully saturated rings. The van der Waals surface area contributed by atoms with Gasteiger partial charge >= 0.3 is 0 Å². The summed E-state index contributed by atoms with van der Waals surface area (Å²) in [5, 5.41) is 4.81. The normalized spacial score (nSPS) is 12.5. The van der Waals surface area contributed by atoms with Crippen molar-refractivity contribution in [3.8, 4) is 11.5 Å². The monoisotopic (exact) mass is 346 g/mol. The van der Waals surface area contributed by atoms with Crippen molar-refractivity contribution in [2.45, 2.75) is 13.5 Å². The zero-order chi connectivity index (χ0) is 17.1. The van der Waals surface area contributed by atoms with Crippen LogP contribution in [0, 0.1) is 0 Å². The number of rotatable bonds is 6. The molecule has 1 aromatic heterocycles. The summed E-state index contributed by atoms with van der Waals surface area (Å²) in [5.74, 6) is 0.723. The van der Waals surface area contributed by atoms with Crippen LogP contribution < -0.4 is 14.8 Å². The third-order valence-corrected chi connectivity index (χ3v) is 4.45. The summed E-state index contributed by atoms with van der Waals surface area (Å²) in [6.07, 6.45) is 0. The van der Waals surface area contributed by atoms with E-state index in [1.54, 1.807) is 23.5 Å². The number of Topliss-reactive ketones (excluding diaryl/α,β-unsaturated/α-hetero) is 1. The number of ether oxygens (including phenoxy) is 2. The van der Waals surface area contributed by atoms with Gasteiger partial charge in [0.25, 0.3) is 0 Å². The second-order valence-corrected chi connectivity index (χ2v) is 6.64. The molecule has 0 bridgehead atoms. The standard InChI is InChI=1S/C17H18N2O4S/c1-11(20)13-6-15-16(23-10-22-15)7-14(13)18-17(21)9-19(2)8-12-4-3-5-24-12/h3-7H,8-10H2,1-2H3,(H,18,21). The second-order valence-electron chi connectivity index (χ2n) is 5.61. The molecular weight excluding hydrogens is 328 g/mol. The Morgan fingerprint density at radius 2 is 2.04 bits per heavy atom. The van der Waals surface area contributed by atoms with Crippen LogP contribution in [0.5, 0.6) is 11.5 Å². The van der Waals surface area contributed by atoms with Crippen LogP contribution in [-0.2, 0) is 11.3 Å². The zero-order valence-corrected chi connectivity index (χ0v) is 14.3. The van der Waals surface area contributed by atoms with Crippen LogP contribution >= 0.6 is 11.3 Å². The van der Waals surface area contributed by atoms with Gasteiger partial charge in [0.05, 0.1) is 12.2 Å². The Morgan fingerprint density at radius 3 is 2.71 bits per heavy atom. The first-order chi connectivity index (χ1) is 11.5. The van der Waals surface area contributed by atoms with Crippen molar-refractivity contribution in [1.29, 1.82) is 0 Å². The Bertz CT molecular complexity index is 758. The van der Waals surface area contributed by atoms with Crippen LogP contribution in [0.25, 0.3) is 0 Å². The largest absolute Gasteiger partial charge is 0.454 e. The molecule has 0 saturated heterocycles. The minimum Gasteiger partial charge on any atom is -0.454 e. The van der Waals surface area contributed by atoms with E-state index in [1.165, 1.54) is 11.8 Å². The summed E-state index contributed by atoms with van der Waals surface area (Å²) in [5.41, 5.74) is 0.856. The van der Waals surface area contributed by atoms with Crippen molar-refractivity contribution in [3.63, 3.8) is 0 Å². The highest BCUT2D eigenvalue weighted by Crippen LogP contribution is 2.37. The molecule has 2 heterocycles.